The van der Waals surface area contributed by atoms with E-state index in [0.717, 1.165) is 11.5 Å². The van der Waals surface area contributed by atoms with E-state index >= 15 is 0 Å². The Bertz CT molecular complexity index is 669. The third-order valence-corrected chi connectivity index (χ3v) is 6.91. The molecule has 1 heterocycles. The fourth-order valence-electron chi connectivity index (χ4n) is 5.32. The molecule has 3 heteroatoms. The van der Waals surface area contributed by atoms with E-state index in [4.69, 9.17) is 9.47 Å². The average molecular weight is 373 g/mol. The molecule has 0 amide bonds. The Morgan fingerprint density at radius 3 is 2.78 bits per heavy atom. The second kappa shape index (κ2) is 7.58. The third-order valence-electron chi connectivity index (χ3n) is 6.91. The van der Waals surface area contributed by atoms with Crippen LogP contribution in [0.1, 0.15) is 67.2 Å². The molecule has 0 aromatic heterocycles. The summed E-state index contributed by atoms with van der Waals surface area (Å²) < 4.78 is 11.4. The zero-order valence-corrected chi connectivity index (χ0v) is 17.9. The van der Waals surface area contributed by atoms with E-state index in [9.17, 15) is 4.79 Å². The van der Waals surface area contributed by atoms with Crippen LogP contribution in [0.25, 0.3) is 0 Å². The highest BCUT2D eigenvalue weighted by Gasteiger charge is 2.55. The number of carbonyl (C=O) groups excluding carboxylic acids is 1. The molecule has 0 aromatic carbocycles. The van der Waals surface area contributed by atoms with Crippen LogP contribution >= 0.6 is 0 Å². The van der Waals surface area contributed by atoms with Gasteiger partial charge in [0.05, 0.1) is 18.3 Å². The van der Waals surface area contributed by atoms with Crippen LogP contribution in [0.4, 0.5) is 0 Å². The number of rotatable bonds is 5. The highest BCUT2D eigenvalue weighted by atomic mass is 16.5. The van der Waals surface area contributed by atoms with E-state index in [0.29, 0.717) is 30.0 Å². The van der Waals surface area contributed by atoms with Crippen molar-refractivity contribution in [3.05, 3.63) is 35.5 Å². The largest absolute Gasteiger partial charge is 0.463 e. The van der Waals surface area contributed by atoms with Gasteiger partial charge in [-0.15, -0.1) is 0 Å². The minimum Gasteiger partial charge on any atom is -0.463 e. The van der Waals surface area contributed by atoms with E-state index in [-0.39, 0.29) is 11.6 Å². The third kappa shape index (κ3) is 4.56. The lowest BCUT2D eigenvalue weighted by molar-refractivity contribution is -0.137. The minimum absolute atomic E-state index is 0.133. The molecular formula is C24H36O3. The van der Waals surface area contributed by atoms with Gasteiger partial charge in [-0.3, -0.25) is 0 Å². The number of hydrogen-bond donors (Lipinski definition) is 0. The highest BCUT2D eigenvalue weighted by molar-refractivity contribution is 5.83. The number of fused-ring (bicyclic) bond motifs is 1. The molecule has 0 saturated heterocycles. The van der Waals surface area contributed by atoms with Gasteiger partial charge in [0.25, 0.3) is 0 Å². The van der Waals surface area contributed by atoms with Crippen LogP contribution in [0.5, 0.6) is 0 Å². The second-order valence-electron chi connectivity index (χ2n) is 9.58. The summed E-state index contributed by atoms with van der Waals surface area (Å²) in [6.07, 6.45) is 13.6. The van der Waals surface area contributed by atoms with Crippen molar-refractivity contribution in [2.45, 2.75) is 78.9 Å². The Morgan fingerprint density at radius 2 is 2.07 bits per heavy atom. The van der Waals surface area contributed by atoms with Crippen molar-refractivity contribution in [2.75, 3.05) is 6.61 Å². The summed E-state index contributed by atoms with van der Waals surface area (Å²) in [7, 11) is 0. The summed E-state index contributed by atoms with van der Waals surface area (Å²) in [6.45, 7) is 13.3. The quantitative estimate of drug-likeness (QED) is 0.272. The highest BCUT2D eigenvalue weighted by Crippen LogP contribution is 2.62. The second-order valence-corrected chi connectivity index (χ2v) is 9.58. The Labute approximate surface area is 164 Å². The van der Waals surface area contributed by atoms with Crippen molar-refractivity contribution in [3.8, 4) is 0 Å². The van der Waals surface area contributed by atoms with E-state index in [2.05, 4.69) is 45.9 Å². The molecule has 2 fully saturated rings. The predicted molar refractivity (Wildman–Crippen MR) is 109 cm³/mol. The Hall–Kier alpha value is -1.35. The summed E-state index contributed by atoms with van der Waals surface area (Å²) in [5.41, 5.74) is 2.73. The molecule has 1 aliphatic heterocycles. The smallest absolute Gasteiger partial charge is 0.330 e. The number of hydrogen-bond acceptors (Lipinski definition) is 3. The van der Waals surface area contributed by atoms with E-state index in [1.54, 1.807) is 6.08 Å². The van der Waals surface area contributed by atoms with E-state index in [1.807, 2.05) is 13.8 Å². The Morgan fingerprint density at radius 1 is 1.33 bits per heavy atom. The molecule has 0 aromatic rings. The lowest BCUT2D eigenvalue weighted by Gasteiger charge is -2.46. The first-order valence-corrected chi connectivity index (χ1v) is 10.5. The summed E-state index contributed by atoms with van der Waals surface area (Å²) in [5, 5.41) is 0. The zero-order chi connectivity index (χ0) is 19.8. The predicted octanol–water partition coefficient (Wildman–Crippen LogP) is 5.62. The van der Waals surface area contributed by atoms with Crippen LogP contribution < -0.4 is 0 Å². The van der Waals surface area contributed by atoms with Crippen LogP contribution in [0.2, 0.25) is 0 Å². The lowest BCUT2D eigenvalue weighted by atomic mass is 9.69. The van der Waals surface area contributed by atoms with Gasteiger partial charge in [-0.1, -0.05) is 30.7 Å². The van der Waals surface area contributed by atoms with Gasteiger partial charge in [0.1, 0.15) is 0 Å². The number of esters is 1. The molecule has 3 rings (SSSR count). The Balaban J connectivity index is 1.60. The molecule has 0 N–H and O–H groups in total. The zero-order valence-electron chi connectivity index (χ0n) is 17.9. The molecule has 3 nitrogen and oxygen atoms in total. The first-order chi connectivity index (χ1) is 12.6. The van der Waals surface area contributed by atoms with Crippen molar-refractivity contribution >= 4 is 5.97 Å². The molecule has 27 heavy (non-hydrogen) atoms. The van der Waals surface area contributed by atoms with Crippen LogP contribution in [0.3, 0.4) is 0 Å². The van der Waals surface area contributed by atoms with Crippen molar-refractivity contribution < 1.29 is 14.3 Å². The maximum atomic E-state index is 11.6. The molecule has 0 spiro atoms. The summed E-state index contributed by atoms with van der Waals surface area (Å²) in [4.78, 5) is 11.6. The van der Waals surface area contributed by atoms with Gasteiger partial charge >= 0.3 is 5.97 Å². The fraction of sp³-hybridized carbons (Fsp3) is 0.708. The molecule has 2 aliphatic carbocycles. The lowest BCUT2D eigenvalue weighted by Crippen LogP contribution is -2.44. The molecule has 0 radical (unpaired) electrons. The maximum Gasteiger partial charge on any atom is 0.330 e. The van der Waals surface area contributed by atoms with Gasteiger partial charge in [0.2, 0.25) is 0 Å². The van der Waals surface area contributed by atoms with Crippen LogP contribution in [0, 0.1) is 23.2 Å². The van der Waals surface area contributed by atoms with Gasteiger partial charge in [-0.25, -0.2) is 4.79 Å². The van der Waals surface area contributed by atoms with Gasteiger partial charge in [0, 0.05) is 12.0 Å². The standard InChI is InChI=1S/C24H36O3/c1-7-26-22(25)12-16(2)8-9-19-15-24(19,6)18-10-11-20-17(3)14-23(4,5)27-21(20)13-18/h8-9,12,14,18-21H,7,10-11,13,15H2,1-6H3/b9-8+,16-12+. The van der Waals surface area contributed by atoms with Gasteiger partial charge < -0.3 is 9.47 Å². The van der Waals surface area contributed by atoms with Crippen LogP contribution in [-0.4, -0.2) is 24.3 Å². The summed E-state index contributed by atoms with van der Waals surface area (Å²) >= 11 is 0. The average Bonchev–Trinajstić information content (AvgIpc) is 3.23. The number of ether oxygens (including phenoxy) is 2. The SMILES string of the molecule is CCOC(=O)/C=C(C)/C=C/C1CC1(C)C1CCC2C(C)=CC(C)(C)OC2C1. The van der Waals surface area contributed by atoms with E-state index in [1.165, 1.54) is 31.3 Å². The molecular weight excluding hydrogens is 336 g/mol. The fourth-order valence-corrected chi connectivity index (χ4v) is 5.32. The van der Waals surface area contributed by atoms with Crippen molar-refractivity contribution in [1.29, 1.82) is 0 Å². The number of carbonyl (C=O) groups is 1. The molecule has 150 valence electrons. The first kappa shape index (κ1) is 20.4. The molecule has 2 saturated carbocycles. The van der Waals surface area contributed by atoms with Gasteiger partial charge in [-0.2, -0.15) is 0 Å². The topological polar surface area (TPSA) is 35.5 Å². The van der Waals surface area contributed by atoms with E-state index < -0.39 is 0 Å². The van der Waals surface area contributed by atoms with Crippen molar-refractivity contribution in [3.63, 3.8) is 0 Å². The summed E-state index contributed by atoms with van der Waals surface area (Å²) in [5.74, 6) is 1.69. The van der Waals surface area contributed by atoms with Crippen LogP contribution in [0.15, 0.2) is 35.5 Å². The van der Waals surface area contributed by atoms with Crippen molar-refractivity contribution in [1.82, 2.24) is 0 Å². The monoisotopic (exact) mass is 372 g/mol. The molecule has 5 unspecified atom stereocenters. The first-order valence-electron chi connectivity index (χ1n) is 10.5. The number of allylic oxidation sites excluding steroid dienone is 3. The summed E-state index contributed by atoms with van der Waals surface area (Å²) in [6, 6.07) is 0. The normalized spacial score (nSPS) is 38.3. The Kier molecular flexibility index (Phi) is 5.72. The molecule has 3 aliphatic rings. The van der Waals surface area contributed by atoms with Crippen LogP contribution in [-0.2, 0) is 14.3 Å². The molecule has 0 bridgehead atoms. The van der Waals surface area contributed by atoms with Crippen molar-refractivity contribution in [2.24, 2.45) is 23.2 Å². The van der Waals surface area contributed by atoms with Gasteiger partial charge in [-0.05, 0) is 83.1 Å². The molecule has 5 atom stereocenters. The minimum atomic E-state index is -0.253. The van der Waals surface area contributed by atoms with Gasteiger partial charge in [0.15, 0.2) is 0 Å². The maximum absolute atomic E-state index is 11.6.